The van der Waals surface area contributed by atoms with Crippen LogP contribution in [0.2, 0.25) is 0 Å². The monoisotopic (exact) mass is 203 g/mol. The number of aliphatic carboxylic acids is 1. The van der Waals surface area contributed by atoms with Crippen LogP contribution in [0, 0.1) is 0 Å². The summed E-state index contributed by atoms with van der Waals surface area (Å²) in [6.07, 6.45) is 2.04. The van der Waals surface area contributed by atoms with E-state index in [4.69, 9.17) is 5.11 Å². The number of aromatic amines is 1. The number of hydrogen-bond donors (Lipinski definition) is 2. The van der Waals surface area contributed by atoms with E-state index in [2.05, 4.69) is 4.98 Å². The van der Waals surface area contributed by atoms with Gasteiger partial charge in [0.1, 0.15) is 0 Å². The normalized spacial score (nSPS) is 12.9. The number of carboxylic acids is 1. The van der Waals surface area contributed by atoms with E-state index in [1.807, 2.05) is 37.4 Å². The molecular formula is C12H13NO2. The summed E-state index contributed by atoms with van der Waals surface area (Å²) < 4.78 is 0. The Hall–Kier alpha value is -1.77. The molecule has 0 bridgehead atoms. The highest BCUT2D eigenvalue weighted by molar-refractivity contribution is 5.83. The summed E-state index contributed by atoms with van der Waals surface area (Å²) in [6, 6.07) is 7.95. The van der Waals surface area contributed by atoms with Crippen LogP contribution in [-0.2, 0) is 4.79 Å². The van der Waals surface area contributed by atoms with E-state index in [0.717, 1.165) is 16.5 Å². The molecule has 78 valence electrons. The largest absolute Gasteiger partial charge is 0.481 e. The van der Waals surface area contributed by atoms with E-state index in [-0.39, 0.29) is 12.3 Å². The smallest absolute Gasteiger partial charge is 0.303 e. The molecule has 3 heteroatoms. The lowest BCUT2D eigenvalue weighted by atomic mass is 9.96. The number of para-hydroxylation sites is 1. The van der Waals surface area contributed by atoms with E-state index in [1.165, 1.54) is 0 Å². The number of hydrogen-bond acceptors (Lipinski definition) is 1. The first-order chi connectivity index (χ1) is 7.18. The van der Waals surface area contributed by atoms with Crippen molar-refractivity contribution in [1.82, 2.24) is 4.98 Å². The molecule has 0 aliphatic heterocycles. The van der Waals surface area contributed by atoms with Crippen molar-refractivity contribution in [2.75, 3.05) is 0 Å². The van der Waals surface area contributed by atoms with Gasteiger partial charge in [-0.1, -0.05) is 25.1 Å². The van der Waals surface area contributed by atoms with Crippen molar-refractivity contribution in [3.05, 3.63) is 36.0 Å². The van der Waals surface area contributed by atoms with E-state index in [9.17, 15) is 4.79 Å². The second kappa shape index (κ2) is 3.77. The van der Waals surface area contributed by atoms with Gasteiger partial charge in [0.15, 0.2) is 0 Å². The quantitative estimate of drug-likeness (QED) is 0.805. The fourth-order valence-electron chi connectivity index (χ4n) is 1.89. The van der Waals surface area contributed by atoms with Gasteiger partial charge in [0.05, 0.1) is 6.42 Å². The van der Waals surface area contributed by atoms with Crippen molar-refractivity contribution < 1.29 is 9.90 Å². The average Bonchev–Trinajstić information content (AvgIpc) is 2.63. The number of aromatic nitrogens is 1. The number of rotatable bonds is 3. The van der Waals surface area contributed by atoms with Crippen LogP contribution in [0.5, 0.6) is 0 Å². The lowest BCUT2D eigenvalue weighted by Crippen LogP contribution is -2.03. The number of carbonyl (C=O) groups is 1. The first kappa shape index (κ1) is 9.77. The Balaban J connectivity index is 2.42. The summed E-state index contributed by atoms with van der Waals surface area (Å²) >= 11 is 0. The number of benzene rings is 1. The fourth-order valence-corrected chi connectivity index (χ4v) is 1.89. The molecule has 0 amide bonds. The standard InChI is InChI=1S/C12H13NO2/c1-8(7-11(14)15)10-4-2-3-9-5-6-13-12(9)10/h2-6,8,13H,7H2,1H3,(H,14,15)/t8-/m0/s1. The lowest BCUT2D eigenvalue weighted by molar-refractivity contribution is -0.137. The minimum atomic E-state index is -0.758. The molecule has 3 nitrogen and oxygen atoms in total. The van der Waals surface area contributed by atoms with Crippen LogP contribution in [0.3, 0.4) is 0 Å². The fraction of sp³-hybridized carbons (Fsp3) is 0.250. The van der Waals surface area contributed by atoms with Crippen molar-refractivity contribution in [3.8, 4) is 0 Å². The summed E-state index contributed by atoms with van der Waals surface area (Å²) in [7, 11) is 0. The van der Waals surface area contributed by atoms with Crippen molar-refractivity contribution >= 4 is 16.9 Å². The Labute approximate surface area is 87.7 Å². The highest BCUT2D eigenvalue weighted by Gasteiger charge is 2.13. The molecule has 15 heavy (non-hydrogen) atoms. The van der Waals surface area contributed by atoms with Crippen LogP contribution in [0.15, 0.2) is 30.5 Å². The molecule has 1 heterocycles. The summed E-state index contributed by atoms with van der Waals surface area (Å²) in [5, 5.41) is 9.89. The Morgan fingerprint density at radius 1 is 1.47 bits per heavy atom. The Kier molecular flexibility index (Phi) is 2.46. The van der Waals surface area contributed by atoms with Crippen molar-refractivity contribution in [2.24, 2.45) is 0 Å². The van der Waals surface area contributed by atoms with Crippen LogP contribution >= 0.6 is 0 Å². The molecule has 2 N–H and O–H groups in total. The summed E-state index contributed by atoms with van der Waals surface area (Å²) in [6.45, 7) is 1.93. The third kappa shape index (κ3) is 1.86. The number of carboxylic acid groups (broad SMARTS) is 1. The van der Waals surface area contributed by atoms with E-state index >= 15 is 0 Å². The maximum atomic E-state index is 10.6. The summed E-state index contributed by atoms with van der Waals surface area (Å²) in [4.78, 5) is 13.8. The molecule has 0 saturated heterocycles. The predicted molar refractivity (Wildman–Crippen MR) is 59.0 cm³/mol. The number of fused-ring (bicyclic) bond motifs is 1. The lowest BCUT2D eigenvalue weighted by Gasteiger charge is -2.10. The minimum absolute atomic E-state index is 0.0323. The third-order valence-electron chi connectivity index (χ3n) is 2.63. The molecule has 1 aromatic carbocycles. The maximum absolute atomic E-state index is 10.6. The van der Waals surface area contributed by atoms with Crippen molar-refractivity contribution in [1.29, 1.82) is 0 Å². The summed E-state index contributed by atoms with van der Waals surface area (Å²) in [5.74, 6) is -0.726. The Bertz CT molecular complexity index is 487. The molecule has 1 aromatic heterocycles. The van der Waals surface area contributed by atoms with Crippen LogP contribution in [-0.4, -0.2) is 16.1 Å². The van der Waals surface area contributed by atoms with Gasteiger partial charge in [0.2, 0.25) is 0 Å². The average molecular weight is 203 g/mol. The zero-order chi connectivity index (χ0) is 10.8. The molecule has 2 rings (SSSR count). The van der Waals surface area contributed by atoms with Gasteiger partial charge >= 0.3 is 5.97 Å². The van der Waals surface area contributed by atoms with Crippen LogP contribution < -0.4 is 0 Å². The van der Waals surface area contributed by atoms with Crippen LogP contribution in [0.4, 0.5) is 0 Å². The Morgan fingerprint density at radius 2 is 2.27 bits per heavy atom. The van der Waals surface area contributed by atoms with Gasteiger partial charge < -0.3 is 10.1 Å². The molecular weight excluding hydrogens is 190 g/mol. The molecule has 1 atom stereocenters. The first-order valence-corrected chi connectivity index (χ1v) is 4.96. The van der Waals surface area contributed by atoms with Gasteiger partial charge in [-0.3, -0.25) is 4.79 Å². The van der Waals surface area contributed by atoms with Gasteiger partial charge in [-0.05, 0) is 22.9 Å². The second-order valence-electron chi connectivity index (χ2n) is 3.79. The maximum Gasteiger partial charge on any atom is 0.303 e. The molecule has 0 fully saturated rings. The molecule has 2 aromatic rings. The van der Waals surface area contributed by atoms with Crippen molar-refractivity contribution in [2.45, 2.75) is 19.3 Å². The van der Waals surface area contributed by atoms with Gasteiger partial charge in [-0.15, -0.1) is 0 Å². The van der Waals surface area contributed by atoms with E-state index in [1.54, 1.807) is 0 Å². The van der Waals surface area contributed by atoms with Gasteiger partial charge in [0, 0.05) is 11.7 Å². The molecule has 0 aliphatic carbocycles. The van der Waals surface area contributed by atoms with E-state index < -0.39 is 5.97 Å². The zero-order valence-electron chi connectivity index (χ0n) is 8.53. The van der Waals surface area contributed by atoms with Gasteiger partial charge in [-0.25, -0.2) is 0 Å². The molecule has 0 radical (unpaired) electrons. The third-order valence-corrected chi connectivity index (χ3v) is 2.63. The topological polar surface area (TPSA) is 53.1 Å². The first-order valence-electron chi connectivity index (χ1n) is 4.96. The SMILES string of the molecule is C[C@@H](CC(=O)O)c1cccc2cc[nH]c12. The molecule has 0 unspecified atom stereocenters. The number of H-pyrrole nitrogens is 1. The van der Waals surface area contributed by atoms with Crippen molar-refractivity contribution in [3.63, 3.8) is 0 Å². The minimum Gasteiger partial charge on any atom is -0.481 e. The van der Waals surface area contributed by atoms with Gasteiger partial charge in [-0.2, -0.15) is 0 Å². The zero-order valence-corrected chi connectivity index (χ0v) is 8.53. The highest BCUT2D eigenvalue weighted by atomic mass is 16.4. The van der Waals surface area contributed by atoms with E-state index in [0.29, 0.717) is 0 Å². The summed E-state index contributed by atoms with van der Waals surface area (Å²) in [5.41, 5.74) is 2.12. The second-order valence-corrected chi connectivity index (χ2v) is 3.79. The Morgan fingerprint density at radius 3 is 3.00 bits per heavy atom. The van der Waals surface area contributed by atoms with Gasteiger partial charge in [0.25, 0.3) is 0 Å². The highest BCUT2D eigenvalue weighted by Crippen LogP contribution is 2.26. The predicted octanol–water partition coefficient (Wildman–Crippen LogP) is 2.75. The molecule has 0 aliphatic rings. The number of nitrogens with one attached hydrogen (secondary N) is 1. The van der Waals surface area contributed by atoms with Crippen LogP contribution in [0.1, 0.15) is 24.8 Å². The van der Waals surface area contributed by atoms with Crippen LogP contribution in [0.25, 0.3) is 10.9 Å². The molecule has 0 spiro atoms. The molecule has 0 saturated carbocycles.